The molecule has 2 nitrogen and oxygen atoms in total. The Morgan fingerprint density at radius 2 is 2.07 bits per heavy atom. The summed E-state index contributed by atoms with van der Waals surface area (Å²) in [6, 6.07) is 0.656. The second kappa shape index (κ2) is 7.52. The number of hydrogen-bond acceptors (Lipinski definition) is 2. The van der Waals surface area contributed by atoms with Crippen LogP contribution in [0.2, 0.25) is 0 Å². The summed E-state index contributed by atoms with van der Waals surface area (Å²) in [5.41, 5.74) is 1.26. The maximum Gasteiger partial charge on any atom is 0.0186 e. The molecule has 0 spiro atoms. The van der Waals surface area contributed by atoms with Crippen molar-refractivity contribution in [3.8, 4) is 0 Å². The summed E-state index contributed by atoms with van der Waals surface area (Å²) in [4.78, 5) is 2.23. The van der Waals surface area contributed by atoms with Crippen LogP contribution >= 0.6 is 0 Å². The van der Waals surface area contributed by atoms with Gasteiger partial charge < -0.3 is 10.2 Å². The minimum absolute atomic E-state index is 0.648. The highest BCUT2D eigenvalue weighted by molar-refractivity contribution is 5.00. The molecule has 1 unspecified atom stereocenters. The van der Waals surface area contributed by atoms with Crippen LogP contribution in [0.25, 0.3) is 0 Å². The van der Waals surface area contributed by atoms with Crippen LogP contribution in [0, 0.1) is 5.92 Å². The van der Waals surface area contributed by atoms with Crippen molar-refractivity contribution in [2.45, 2.75) is 32.7 Å². The molecule has 2 heteroatoms. The summed E-state index contributed by atoms with van der Waals surface area (Å²) in [6.45, 7) is 12.9. The molecule has 88 valence electrons. The van der Waals surface area contributed by atoms with E-state index in [0.29, 0.717) is 12.0 Å². The van der Waals surface area contributed by atoms with E-state index in [1.807, 2.05) is 13.1 Å². The Labute approximate surface area is 95.0 Å². The molecule has 0 saturated carbocycles. The van der Waals surface area contributed by atoms with Gasteiger partial charge in [-0.3, -0.25) is 0 Å². The third-order valence-corrected chi connectivity index (χ3v) is 2.71. The molecule has 0 bridgehead atoms. The van der Waals surface area contributed by atoms with Crippen molar-refractivity contribution >= 4 is 0 Å². The zero-order valence-corrected chi connectivity index (χ0v) is 10.7. The third kappa shape index (κ3) is 6.34. The Bertz CT molecular complexity index is 197. The summed E-state index contributed by atoms with van der Waals surface area (Å²) < 4.78 is 0. The Hall–Kier alpha value is -0.760. The molecule has 1 aliphatic heterocycles. The van der Waals surface area contributed by atoms with Crippen molar-refractivity contribution in [2.75, 3.05) is 20.6 Å². The van der Waals surface area contributed by atoms with Gasteiger partial charge in [0, 0.05) is 31.8 Å². The Kier molecular flexibility index (Phi) is 7.14. The van der Waals surface area contributed by atoms with E-state index in [0.717, 1.165) is 13.0 Å². The molecular weight excluding hydrogens is 184 g/mol. The first kappa shape index (κ1) is 14.2. The van der Waals surface area contributed by atoms with Crippen molar-refractivity contribution < 1.29 is 0 Å². The monoisotopic (exact) mass is 210 g/mol. The largest absolute Gasteiger partial charge is 0.378 e. The van der Waals surface area contributed by atoms with E-state index in [1.54, 1.807) is 0 Å². The predicted molar refractivity (Wildman–Crippen MR) is 68.9 cm³/mol. The number of hydrogen-bond donors (Lipinski definition) is 1. The summed E-state index contributed by atoms with van der Waals surface area (Å²) in [5.74, 6) is 0.648. The van der Waals surface area contributed by atoms with Crippen molar-refractivity contribution in [3.05, 3.63) is 24.9 Å². The van der Waals surface area contributed by atoms with Crippen LogP contribution in [-0.2, 0) is 0 Å². The lowest BCUT2D eigenvalue weighted by molar-refractivity contribution is 0.302. The fourth-order valence-corrected chi connectivity index (χ4v) is 1.30. The highest BCUT2D eigenvalue weighted by Crippen LogP contribution is 2.16. The molecule has 0 amide bonds. The third-order valence-electron chi connectivity index (χ3n) is 2.71. The van der Waals surface area contributed by atoms with Crippen molar-refractivity contribution in [1.29, 1.82) is 0 Å². The zero-order valence-electron chi connectivity index (χ0n) is 10.7. The van der Waals surface area contributed by atoms with Gasteiger partial charge >= 0.3 is 0 Å². The average Bonchev–Trinajstić information content (AvgIpc) is 2.23. The molecule has 0 aromatic rings. The number of nitrogens with one attached hydrogen (secondary N) is 1. The minimum atomic E-state index is 0.648. The van der Waals surface area contributed by atoms with E-state index in [2.05, 4.69) is 44.3 Å². The van der Waals surface area contributed by atoms with E-state index < -0.39 is 0 Å². The normalized spacial score (nSPS) is 21.0. The summed E-state index contributed by atoms with van der Waals surface area (Å²) >= 11 is 0. The molecule has 0 aromatic carbocycles. The minimum Gasteiger partial charge on any atom is -0.378 e. The molecular formula is C13H26N2. The van der Waals surface area contributed by atoms with Crippen LogP contribution in [-0.4, -0.2) is 31.6 Å². The molecule has 1 saturated heterocycles. The first-order valence-electron chi connectivity index (χ1n) is 5.70. The van der Waals surface area contributed by atoms with Crippen LogP contribution in [0.15, 0.2) is 24.9 Å². The lowest BCUT2D eigenvalue weighted by Gasteiger charge is -2.32. The van der Waals surface area contributed by atoms with Crippen LogP contribution in [0.4, 0.5) is 0 Å². The Balaban J connectivity index is 0.000000336. The standard InChI is InChI=1S/C8H16N2.C5H10/c1-7-6-8(9-2)4-5-10(7)3;1-4-5(2)3/h8-9H,1,4-6H2,2-3H3;4-5H,1H2,2-3H3. The SMILES string of the molecule is C=C1CC(NC)CCN1C.C=CC(C)C. The molecule has 0 aromatic heterocycles. The number of likely N-dealkylation sites (tertiary alicyclic amines) is 1. The van der Waals surface area contributed by atoms with Crippen LogP contribution in [0.3, 0.4) is 0 Å². The number of allylic oxidation sites excluding steroid dienone is 1. The van der Waals surface area contributed by atoms with Gasteiger partial charge in [0.1, 0.15) is 0 Å². The van der Waals surface area contributed by atoms with Gasteiger partial charge in [0.2, 0.25) is 0 Å². The smallest absolute Gasteiger partial charge is 0.0186 e. The topological polar surface area (TPSA) is 15.3 Å². The fourth-order valence-electron chi connectivity index (χ4n) is 1.30. The number of nitrogens with zero attached hydrogens (tertiary/aromatic N) is 1. The number of piperidine rings is 1. The first-order chi connectivity index (χ1) is 7.01. The molecule has 0 aliphatic carbocycles. The van der Waals surface area contributed by atoms with Crippen LogP contribution < -0.4 is 5.32 Å². The van der Waals surface area contributed by atoms with Gasteiger partial charge in [0.05, 0.1) is 0 Å². The molecule has 1 fully saturated rings. The average molecular weight is 210 g/mol. The maximum atomic E-state index is 3.98. The Morgan fingerprint density at radius 1 is 1.53 bits per heavy atom. The van der Waals surface area contributed by atoms with Gasteiger partial charge in [-0.15, -0.1) is 6.58 Å². The maximum absolute atomic E-state index is 3.98. The zero-order chi connectivity index (χ0) is 11.8. The van der Waals surface area contributed by atoms with Gasteiger partial charge in [-0.25, -0.2) is 0 Å². The fraction of sp³-hybridized carbons (Fsp3) is 0.692. The summed E-state index contributed by atoms with van der Waals surface area (Å²) in [6.07, 6.45) is 4.26. The highest BCUT2D eigenvalue weighted by atomic mass is 15.1. The second-order valence-electron chi connectivity index (χ2n) is 4.45. The second-order valence-corrected chi connectivity index (χ2v) is 4.45. The van der Waals surface area contributed by atoms with Gasteiger partial charge in [-0.05, 0) is 19.4 Å². The molecule has 1 aliphatic rings. The highest BCUT2D eigenvalue weighted by Gasteiger charge is 2.16. The quantitative estimate of drug-likeness (QED) is 0.705. The van der Waals surface area contributed by atoms with Crippen molar-refractivity contribution in [3.63, 3.8) is 0 Å². The van der Waals surface area contributed by atoms with Gasteiger partial charge in [-0.1, -0.05) is 26.5 Å². The van der Waals surface area contributed by atoms with Gasteiger partial charge in [-0.2, -0.15) is 0 Å². The van der Waals surface area contributed by atoms with E-state index in [4.69, 9.17) is 0 Å². The van der Waals surface area contributed by atoms with Gasteiger partial charge in [0.15, 0.2) is 0 Å². The summed E-state index contributed by atoms with van der Waals surface area (Å²) in [5, 5.41) is 3.27. The molecule has 1 N–H and O–H groups in total. The van der Waals surface area contributed by atoms with Gasteiger partial charge in [0.25, 0.3) is 0 Å². The predicted octanol–water partition coefficient (Wildman–Crippen LogP) is 2.64. The molecule has 0 radical (unpaired) electrons. The lowest BCUT2D eigenvalue weighted by atomic mass is 10.0. The molecule has 1 atom stereocenters. The van der Waals surface area contributed by atoms with E-state index in [9.17, 15) is 0 Å². The Morgan fingerprint density at radius 3 is 2.40 bits per heavy atom. The van der Waals surface area contributed by atoms with Crippen LogP contribution in [0.5, 0.6) is 0 Å². The molecule has 1 rings (SSSR count). The van der Waals surface area contributed by atoms with Crippen molar-refractivity contribution in [2.24, 2.45) is 5.92 Å². The lowest BCUT2D eigenvalue weighted by Crippen LogP contribution is -2.37. The first-order valence-corrected chi connectivity index (χ1v) is 5.70. The van der Waals surface area contributed by atoms with E-state index in [1.165, 1.54) is 12.1 Å². The summed E-state index contributed by atoms with van der Waals surface area (Å²) in [7, 11) is 4.12. The van der Waals surface area contributed by atoms with Crippen LogP contribution in [0.1, 0.15) is 26.7 Å². The molecule has 15 heavy (non-hydrogen) atoms. The van der Waals surface area contributed by atoms with E-state index in [-0.39, 0.29) is 0 Å². The molecule has 1 heterocycles. The number of rotatable bonds is 2. The van der Waals surface area contributed by atoms with Crippen molar-refractivity contribution in [1.82, 2.24) is 10.2 Å². The van der Waals surface area contributed by atoms with E-state index >= 15 is 0 Å².